The average Bonchev–Trinajstić information content (AvgIpc) is 2.27. The number of hydrogen-bond acceptors (Lipinski definition) is 3. The van der Waals surface area contributed by atoms with Gasteiger partial charge in [0.15, 0.2) is 0 Å². The molecule has 0 fully saturated rings. The van der Waals surface area contributed by atoms with Crippen LogP contribution in [0.1, 0.15) is 22.3 Å². The number of aliphatic carboxylic acids is 1. The third-order valence-corrected chi connectivity index (χ3v) is 2.69. The van der Waals surface area contributed by atoms with Crippen LogP contribution in [0.25, 0.3) is 0 Å². The molecular formula is C12H14ClNO4. The van der Waals surface area contributed by atoms with Crippen LogP contribution >= 0.6 is 11.6 Å². The van der Waals surface area contributed by atoms with E-state index >= 15 is 0 Å². The molecule has 98 valence electrons. The third-order valence-electron chi connectivity index (χ3n) is 2.45. The van der Waals surface area contributed by atoms with Crippen LogP contribution in [-0.4, -0.2) is 34.7 Å². The molecule has 0 aliphatic heterocycles. The number of carboxylic acids is 1. The maximum absolute atomic E-state index is 11.9. The Hall–Kier alpha value is -1.59. The number of aliphatic hydroxyl groups excluding tert-OH is 1. The lowest BCUT2D eigenvalue weighted by molar-refractivity contribution is -0.139. The van der Waals surface area contributed by atoms with Gasteiger partial charge in [-0.1, -0.05) is 11.6 Å². The maximum atomic E-state index is 11.9. The van der Waals surface area contributed by atoms with Gasteiger partial charge in [0.25, 0.3) is 5.91 Å². The fraction of sp³-hybridized carbons (Fsp3) is 0.333. The summed E-state index contributed by atoms with van der Waals surface area (Å²) in [5.74, 6) is -1.67. The highest BCUT2D eigenvalue weighted by atomic mass is 35.5. The highest BCUT2D eigenvalue weighted by molar-refractivity contribution is 6.30. The first-order chi connectivity index (χ1) is 8.45. The quantitative estimate of drug-likeness (QED) is 0.751. The molecule has 1 atom stereocenters. The van der Waals surface area contributed by atoms with Crippen molar-refractivity contribution in [3.8, 4) is 0 Å². The van der Waals surface area contributed by atoms with Crippen molar-refractivity contribution in [2.24, 2.45) is 0 Å². The van der Waals surface area contributed by atoms with E-state index in [1.165, 1.54) is 6.07 Å². The van der Waals surface area contributed by atoms with E-state index in [0.717, 1.165) is 0 Å². The molecule has 0 saturated heterocycles. The molecule has 1 aromatic rings. The molecular weight excluding hydrogens is 258 g/mol. The Morgan fingerprint density at radius 1 is 1.44 bits per heavy atom. The number of benzene rings is 1. The average molecular weight is 272 g/mol. The minimum atomic E-state index is -1.18. The van der Waals surface area contributed by atoms with Crippen molar-refractivity contribution in [1.29, 1.82) is 0 Å². The summed E-state index contributed by atoms with van der Waals surface area (Å²) < 4.78 is 0. The first kappa shape index (κ1) is 14.5. The van der Waals surface area contributed by atoms with Crippen molar-refractivity contribution in [2.45, 2.75) is 19.4 Å². The maximum Gasteiger partial charge on any atom is 0.326 e. The molecule has 1 aromatic carbocycles. The van der Waals surface area contributed by atoms with Gasteiger partial charge in [-0.15, -0.1) is 0 Å². The fourth-order valence-corrected chi connectivity index (χ4v) is 1.73. The molecule has 5 nitrogen and oxygen atoms in total. The van der Waals surface area contributed by atoms with Crippen molar-refractivity contribution in [3.63, 3.8) is 0 Å². The zero-order valence-corrected chi connectivity index (χ0v) is 10.6. The summed E-state index contributed by atoms with van der Waals surface area (Å²) in [4.78, 5) is 22.7. The molecule has 0 bridgehead atoms. The van der Waals surface area contributed by atoms with Gasteiger partial charge in [-0.3, -0.25) is 4.79 Å². The molecule has 0 heterocycles. The molecule has 0 saturated carbocycles. The number of carboxylic acid groups (broad SMARTS) is 1. The Morgan fingerprint density at radius 2 is 2.11 bits per heavy atom. The van der Waals surface area contributed by atoms with Gasteiger partial charge < -0.3 is 15.5 Å². The molecule has 6 heteroatoms. The van der Waals surface area contributed by atoms with Gasteiger partial charge in [0.2, 0.25) is 0 Å². The highest BCUT2D eigenvalue weighted by Crippen LogP contribution is 2.15. The number of hydrogen-bond donors (Lipinski definition) is 3. The second-order valence-electron chi connectivity index (χ2n) is 3.84. The van der Waals surface area contributed by atoms with Crippen LogP contribution in [0.3, 0.4) is 0 Å². The zero-order chi connectivity index (χ0) is 13.7. The lowest BCUT2D eigenvalue weighted by Gasteiger charge is -2.14. The lowest BCUT2D eigenvalue weighted by Crippen LogP contribution is -2.41. The predicted octanol–water partition coefficient (Wildman–Crippen LogP) is 1.21. The monoisotopic (exact) mass is 271 g/mol. The zero-order valence-electron chi connectivity index (χ0n) is 9.81. The van der Waals surface area contributed by atoms with Crippen molar-refractivity contribution < 1.29 is 19.8 Å². The molecule has 0 aromatic heterocycles. The number of nitrogens with one attached hydrogen (secondary N) is 1. The van der Waals surface area contributed by atoms with Crippen molar-refractivity contribution in [1.82, 2.24) is 5.32 Å². The standard InChI is InChI=1S/C12H14ClNO4/c1-7-6-8(13)2-3-9(7)11(16)14-10(4-5-15)12(17)18/h2-3,6,10,15H,4-5H2,1H3,(H,14,16)(H,17,18)/t10-/m0/s1. The summed E-state index contributed by atoms with van der Waals surface area (Å²) in [6.07, 6.45) is -0.0340. The molecule has 3 N–H and O–H groups in total. The molecule has 0 aliphatic rings. The van der Waals surface area contributed by atoms with E-state index in [4.69, 9.17) is 21.8 Å². The van der Waals surface area contributed by atoms with Crippen LogP contribution in [0.5, 0.6) is 0 Å². The molecule has 1 rings (SSSR count). The number of aliphatic hydroxyl groups is 1. The number of rotatable bonds is 5. The van der Waals surface area contributed by atoms with E-state index in [0.29, 0.717) is 16.1 Å². The highest BCUT2D eigenvalue weighted by Gasteiger charge is 2.20. The van der Waals surface area contributed by atoms with Crippen LogP contribution in [0.2, 0.25) is 5.02 Å². The van der Waals surface area contributed by atoms with Crippen LogP contribution in [0.4, 0.5) is 0 Å². The van der Waals surface area contributed by atoms with Crippen LogP contribution < -0.4 is 5.32 Å². The number of halogens is 1. The topological polar surface area (TPSA) is 86.6 Å². The Balaban J connectivity index is 2.83. The summed E-state index contributed by atoms with van der Waals surface area (Å²) in [6.45, 7) is 1.40. The molecule has 18 heavy (non-hydrogen) atoms. The molecule has 0 radical (unpaired) electrons. The Morgan fingerprint density at radius 3 is 2.61 bits per heavy atom. The minimum absolute atomic E-state index is 0.0340. The summed E-state index contributed by atoms with van der Waals surface area (Å²) in [5.41, 5.74) is 1.02. The molecule has 1 amide bonds. The number of carbonyl (C=O) groups is 2. The number of amides is 1. The fourth-order valence-electron chi connectivity index (χ4n) is 1.50. The minimum Gasteiger partial charge on any atom is -0.480 e. The predicted molar refractivity (Wildman–Crippen MR) is 66.8 cm³/mol. The van der Waals surface area contributed by atoms with Crippen LogP contribution in [0.15, 0.2) is 18.2 Å². The number of carbonyl (C=O) groups excluding carboxylic acids is 1. The molecule has 0 spiro atoms. The summed E-state index contributed by atoms with van der Waals surface area (Å²) in [5, 5.41) is 20.5. The smallest absolute Gasteiger partial charge is 0.326 e. The van der Waals surface area contributed by atoms with Gasteiger partial charge in [0, 0.05) is 23.6 Å². The van der Waals surface area contributed by atoms with Gasteiger partial charge in [-0.25, -0.2) is 4.79 Å². The SMILES string of the molecule is Cc1cc(Cl)ccc1C(=O)N[C@@H](CCO)C(=O)O. The van der Waals surface area contributed by atoms with Gasteiger partial charge in [0.05, 0.1) is 0 Å². The first-order valence-electron chi connectivity index (χ1n) is 5.36. The van der Waals surface area contributed by atoms with Crippen molar-refractivity contribution in [2.75, 3.05) is 6.61 Å². The van der Waals surface area contributed by atoms with Crippen LogP contribution in [-0.2, 0) is 4.79 Å². The molecule has 0 aliphatic carbocycles. The first-order valence-corrected chi connectivity index (χ1v) is 5.74. The van der Waals surface area contributed by atoms with Crippen molar-refractivity contribution >= 4 is 23.5 Å². The van der Waals surface area contributed by atoms with E-state index in [2.05, 4.69) is 5.32 Å². The van der Waals surface area contributed by atoms with E-state index in [1.807, 2.05) is 0 Å². The Labute approximate surface area is 109 Å². The second kappa shape index (κ2) is 6.37. The van der Waals surface area contributed by atoms with E-state index in [9.17, 15) is 9.59 Å². The van der Waals surface area contributed by atoms with E-state index < -0.39 is 17.9 Å². The Kier molecular flexibility index (Phi) is 5.12. The van der Waals surface area contributed by atoms with Crippen LogP contribution in [0, 0.1) is 6.92 Å². The molecule has 0 unspecified atom stereocenters. The number of aryl methyl sites for hydroxylation is 1. The summed E-state index contributed by atoms with van der Waals surface area (Å²) >= 11 is 5.77. The lowest BCUT2D eigenvalue weighted by atomic mass is 10.1. The normalized spacial score (nSPS) is 11.9. The van der Waals surface area contributed by atoms with Gasteiger partial charge in [-0.2, -0.15) is 0 Å². The third kappa shape index (κ3) is 3.72. The Bertz CT molecular complexity index is 461. The largest absolute Gasteiger partial charge is 0.480 e. The van der Waals surface area contributed by atoms with E-state index in [1.54, 1.807) is 19.1 Å². The van der Waals surface area contributed by atoms with Gasteiger partial charge in [-0.05, 0) is 30.7 Å². The second-order valence-corrected chi connectivity index (χ2v) is 4.27. The summed E-state index contributed by atoms with van der Waals surface area (Å²) in [7, 11) is 0. The van der Waals surface area contributed by atoms with Gasteiger partial charge in [0.1, 0.15) is 6.04 Å². The summed E-state index contributed by atoms with van der Waals surface area (Å²) in [6, 6.07) is 3.62. The van der Waals surface area contributed by atoms with Gasteiger partial charge >= 0.3 is 5.97 Å². The van der Waals surface area contributed by atoms with E-state index in [-0.39, 0.29) is 13.0 Å². The van der Waals surface area contributed by atoms with Crippen molar-refractivity contribution in [3.05, 3.63) is 34.3 Å².